The summed E-state index contributed by atoms with van der Waals surface area (Å²) in [5, 5.41) is 12.8. The fraction of sp³-hybridized carbons (Fsp3) is 0.692. The smallest absolute Gasteiger partial charge is 0.0549 e. The fourth-order valence-corrected chi connectivity index (χ4v) is 1.81. The Labute approximate surface area is 98.5 Å². The molecule has 1 heterocycles. The van der Waals surface area contributed by atoms with E-state index in [1.165, 1.54) is 17.0 Å². The Kier molecular flexibility index (Phi) is 5.03. The SMILES string of the molecule is CCC(O)CCNCc1cc(C)n(C)c1C. The molecule has 0 aliphatic heterocycles. The maximum absolute atomic E-state index is 9.41. The summed E-state index contributed by atoms with van der Waals surface area (Å²) >= 11 is 0. The van der Waals surface area contributed by atoms with Gasteiger partial charge >= 0.3 is 0 Å². The number of nitrogens with one attached hydrogen (secondary N) is 1. The van der Waals surface area contributed by atoms with Crippen LogP contribution < -0.4 is 5.32 Å². The second-order valence-electron chi connectivity index (χ2n) is 4.48. The van der Waals surface area contributed by atoms with E-state index in [0.717, 1.165) is 25.9 Å². The molecule has 2 N–H and O–H groups in total. The van der Waals surface area contributed by atoms with Crippen LogP contribution in [-0.2, 0) is 13.6 Å². The average Bonchev–Trinajstić information content (AvgIpc) is 2.52. The van der Waals surface area contributed by atoms with Crippen molar-refractivity contribution in [3.05, 3.63) is 23.0 Å². The van der Waals surface area contributed by atoms with Crippen LogP contribution in [0.15, 0.2) is 6.07 Å². The van der Waals surface area contributed by atoms with Gasteiger partial charge in [0.05, 0.1) is 6.10 Å². The fourth-order valence-electron chi connectivity index (χ4n) is 1.81. The molecule has 3 heteroatoms. The molecular weight excluding hydrogens is 200 g/mol. The highest BCUT2D eigenvalue weighted by Gasteiger charge is 2.05. The van der Waals surface area contributed by atoms with Gasteiger partial charge in [-0.3, -0.25) is 0 Å². The van der Waals surface area contributed by atoms with Crippen LogP contribution in [0.5, 0.6) is 0 Å². The van der Waals surface area contributed by atoms with Crippen molar-refractivity contribution in [2.45, 2.75) is 46.3 Å². The number of aryl methyl sites for hydroxylation is 1. The summed E-state index contributed by atoms with van der Waals surface area (Å²) in [5.74, 6) is 0. The summed E-state index contributed by atoms with van der Waals surface area (Å²) in [5.41, 5.74) is 3.97. The van der Waals surface area contributed by atoms with Crippen molar-refractivity contribution in [2.75, 3.05) is 6.54 Å². The molecule has 92 valence electrons. The van der Waals surface area contributed by atoms with E-state index in [2.05, 4.69) is 36.8 Å². The lowest BCUT2D eigenvalue weighted by molar-refractivity contribution is 0.159. The first kappa shape index (κ1) is 13.3. The zero-order valence-electron chi connectivity index (χ0n) is 10.9. The number of aliphatic hydroxyl groups is 1. The summed E-state index contributed by atoms with van der Waals surface area (Å²) in [4.78, 5) is 0. The highest BCUT2D eigenvalue weighted by Crippen LogP contribution is 2.12. The number of aliphatic hydroxyl groups excluding tert-OH is 1. The summed E-state index contributed by atoms with van der Waals surface area (Å²) in [6.45, 7) is 8.05. The van der Waals surface area contributed by atoms with Crippen molar-refractivity contribution < 1.29 is 5.11 Å². The van der Waals surface area contributed by atoms with Crippen LogP contribution in [0.4, 0.5) is 0 Å². The molecule has 0 saturated carbocycles. The van der Waals surface area contributed by atoms with Crippen LogP contribution >= 0.6 is 0 Å². The third-order valence-corrected chi connectivity index (χ3v) is 3.32. The molecule has 1 rings (SSSR count). The number of hydrogen-bond donors (Lipinski definition) is 2. The van der Waals surface area contributed by atoms with Gasteiger partial charge < -0.3 is 15.0 Å². The minimum Gasteiger partial charge on any atom is -0.393 e. The van der Waals surface area contributed by atoms with Crippen LogP contribution in [-0.4, -0.2) is 22.3 Å². The lowest BCUT2D eigenvalue weighted by atomic mass is 10.2. The predicted molar refractivity (Wildman–Crippen MR) is 67.5 cm³/mol. The van der Waals surface area contributed by atoms with Crippen LogP contribution in [0.25, 0.3) is 0 Å². The van der Waals surface area contributed by atoms with Crippen LogP contribution in [0.3, 0.4) is 0 Å². The van der Waals surface area contributed by atoms with E-state index >= 15 is 0 Å². The van der Waals surface area contributed by atoms with Gasteiger partial charge in [0.2, 0.25) is 0 Å². The van der Waals surface area contributed by atoms with Gasteiger partial charge in [-0.05, 0) is 44.9 Å². The van der Waals surface area contributed by atoms with E-state index in [-0.39, 0.29) is 6.10 Å². The second kappa shape index (κ2) is 6.06. The first-order chi connectivity index (χ1) is 7.56. The van der Waals surface area contributed by atoms with E-state index in [9.17, 15) is 5.11 Å². The van der Waals surface area contributed by atoms with Crippen molar-refractivity contribution in [2.24, 2.45) is 7.05 Å². The molecule has 1 aromatic heterocycles. The van der Waals surface area contributed by atoms with Gasteiger partial charge in [-0.2, -0.15) is 0 Å². The highest BCUT2D eigenvalue weighted by atomic mass is 16.3. The molecule has 16 heavy (non-hydrogen) atoms. The van der Waals surface area contributed by atoms with Gasteiger partial charge in [-0.25, -0.2) is 0 Å². The monoisotopic (exact) mass is 224 g/mol. The lowest BCUT2D eigenvalue weighted by Gasteiger charge is -2.08. The van der Waals surface area contributed by atoms with Gasteiger partial charge in [0.25, 0.3) is 0 Å². The Hall–Kier alpha value is -0.800. The molecule has 0 radical (unpaired) electrons. The van der Waals surface area contributed by atoms with E-state index < -0.39 is 0 Å². The standard InChI is InChI=1S/C13H24N2O/c1-5-13(16)6-7-14-9-12-8-10(2)15(4)11(12)3/h8,13-14,16H,5-7,9H2,1-4H3. The van der Waals surface area contributed by atoms with Crippen LogP contribution in [0.2, 0.25) is 0 Å². The normalized spacial score (nSPS) is 13.1. The first-order valence-corrected chi connectivity index (χ1v) is 6.06. The third-order valence-electron chi connectivity index (χ3n) is 3.32. The molecule has 1 atom stereocenters. The lowest BCUT2D eigenvalue weighted by Crippen LogP contribution is -2.20. The Bertz CT molecular complexity index is 331. The summed E-state index contributed by atoms with van der Waals surface area (Å²) < 4.78 is 2.21. The predicted octanol–water partition coefficient (Wildman–Crippen LogP) is 1.89. The molecule has 0 saturated heterocycles. The van der Waals surface area contributed by atoms with Gasteiger partial charge in [0.15, 0.2) is 0 Å². The van der Waals surface area contributed by atoms with Gasteiger partial charge in [-0.1, -0.05) is 6.92 Å². The number of nitrogens with zero attached hydrogens (tertiary/aromatic N) is 1. The van der Waals surface area contributed by atoms with Gasteiger partial charge in [-0.15, -0.1) is 0 Å². The number of hydrogen-bond acceptors (Lipinski definition) is 2. The molecule has 0 amide bonds. The van der Waals surface area contributed by atoms with E-state index in [1.54, 1.807) is 0 Å². The van der Waals surface area contributed by atoms with Crippen molar-refractivity contribution in [3.8, 4) is 0 Å². The zero-order chi connectivity index (χ0) is 12.1. The molecule has 1 aromatic rings. The molecule has 0 aliphatic rings. The second-order valence-corrected chi connectivity index (χ2v) is 4.48. The maximum atomic E-state index is 9.41. The molecule has 0 spiro atoms. The summed E-state index contributed by atoms with van der Waals surface area (Å²) in [6.07, 6.45) is 1.51. The largest absolute Gasteiger partial charge is 0.393 e. The topological polar surface area (TPSA) is 37.2 Å². The zero-order valence-corrected chi connectivity index (χ0v) is 10.9. The third kappa shape index (κ3) is 3.35. The van der Waals surface area contributed by atoms with Gasteiger partial charge in [0, 0.05) is 25.0 Å². The molecule has 1 unspecified atom stereocenters. The number of aromatic nitrogens is 1. The van der Waals surface area contributed by atoms with Crippen LogP contribution in [0.1, 0.15) is 36.7 Å². The molecule has 0 bridgehead atoms. The summed E-state index contributed by atoms with van der Waals surface area (Å²) in [6, 6.07) is 2.22. The van der Waals surface area contributed by atoms with E-state index in [4.69, 9.17) is 0 Å². The number of rotatable bonds is 6. The molecule has 0 fully saturated rings. The Morgan fingerprint density at radius 3 is 2.62 bits per heavy atom. The summed E-state index contributed by atoms with van der Waals surface area (Å²) in [7, 11) is 2.09. The first-order valence-electron chi connectivity index (χ1n) is 6.06. The molecule has 0 aromatic carbocycles. The minimum atomic E-state index is -0.161. The maximum Gasteiger partial charge on any atom is 0.0549 e. The van der Waals surface area contributed by atoms with Crippen molar-refractivity contribution in [1.29, 1.82) is 0 Å². The average molecular weight is 224 g/mol. The van der Waals surface area contributed by atoms with Crippen molar-refractivity contribution in [1.82, 2.24) is 9.88 Å². The quantitative estimate of drug-likeness (QED) is 0.724. The molecular formula is C13H24N2O. The molecule has 0 aliphatic carbocycles. The van der Waals surface area contributed by atoms with Crippen molar-refractivity contribution >= 4 is 0 Å². The van der Waals surface area contributed by atoms with E-state index in [1.807, 2.05) is 6.92 Å². The minimum absolute atomic E-state index is 0.161. The van der Waals surface area contributed by atoms with Gasteiger partial charge in [0.1, 0.15) is 0 Å². The van der Waals surface area contributed by atoms with Crippen LogP contribution in [0, 0.1) is 13.8 Å². The Balaban J connectivity index is 2.35. The highest BCUT2D eigenvalue weighted by molar-refractivity contribution is 5.26. The Morgan fingerprint density at radius 2 is 2.12 bits per heavy atom. The Morgan fingerprint density at radius 1 is 1.44 bits per heavy atom. The van der Waals surface area contributed by atoms with Crippen molar-refractivity contribution in [3.63, 3.8) is 0 Å². The van der Waals surface area contributed by atoms with E-state index in [0.29, 0.717) is 0 Å². The molecule has 3 nitrogen and oxygen atoms in total.